The Hall–Kier alpha value is -0.840. The molecule has 106 valence electrons. The van der Waals surface area contributed by atoms with Crippen LogP contribution in [0.4, 0.5) is 10.1 Å². The molecule has 0 bridgehead atoms. The van der Waals surface area contributed by atoms with E-state index in [0.717, 1.165) is 13.0 Å². The normalized spacial score (nSPS) is 10.8. The van der Waals surface area contributed by atoms with Crippen molar-refractivity contribution in [1.29, 1.82) is 0 Å². The quantitative estimate of drug-likeness (QED) is 0.619. The maximum absolute atomic E-state index is 13.2. The van der Waals surface area contributed by atoms with Gasteiger partial charge in [-0.1, -0.05) is 37.0 Å². The van der Waals surface area contributed by atoms with Crippen LogP contribution in [0.25, 0.3) is 0 Å². The van der Waals surface area contributed by atoms with Gasteiger partial charge >= 0.3 is 0 Å². The van der Waals surface area contributed by atoms with E-state index in [0.29, 0.717) is 18.2 Å². The van der Waals surface area contributed by atoms with Gasteiger partial charge in [0.2, 0.25) is 5.91 Å². The van der Waals surface area contributed by atoms with Gasteiger partial charge in [0, 0.05) is 18.2 Å². The van der Waals surface area contributed by atoms with E-state index >= 15 is 0 Å². The van der Waals surface area contributed by atoms with Crippen LogP contribution in [-0.2, 0) is 4.79 Å². The van der Waals surface area contributed by atoms with E-state index in [1.807, 2.05) is 13.8 Å². The first-order valence-corrected chi connectivity index (χ1v) is 6.83. The zero-order valence-corrected chi connectivity index (χ0v) is 12.4. The number of rotatable bonds is 6. The molecule has 6 heteroatoms. The van der Waals surface area contributed by atoms with Gasteiger partial charge in [-0.25, -0.2) is 4.39 Å². The molecule has 1 rings (SSSR count). The highest BCUT2D eigenvalue weighted by atomic mass is 35.5. The van der Waals surface area contributed by atoms with Crippen molar-refractivity contribution in [2.24, 2.45) is 0 Å². The van der Waals surface area contributed by atoms with Crippen molar-refractivity contribution in [2.75, 3.05) is 11.9 Å². The summed E-state index contributed by atoms with van der Waals surface area (Å²) in [6.45, 7) is 4.86. The number of carbonyl (C=O) groups is 1. The van der Waals surface area contributed by atoms with Gasteiger partial charge in [-0.05, 0) is 25.1 Å². The number of halogens is 3. The second-order valence-electron chi connectivity index (χ2n) is 4.51. The standard InChI is InChI=1S/C13H17Cl2FN2O/c1-8(2)17-5-3-4-12(19)18-9-6-10(14)13(16)11(15)7-9/h6-8,17H,3-5H2,1-2H3,(H,18,19). The minimum atomic E-state index is -0.678. The monoisotopic (exact) mass is 306 g/mol. The van der Waals surface area contributed by atoms with Gasteiger partial charge in [-0.2, -0.15) is 0 Å². The Morgan fingerprint density at radius 1 is 1.32 bits per heavy atom. The Bertz CT molecular complexity index is 429. The molecule has 1 aromatic rings. The summed E-state index contributed by atoms with van der Waals surface area (Å²) in [5.41, 5.74) is 0.401. The topological polar surface area (TPSA) is 41.1 Å². The van der Waals surface area contributed by atoms with Crippen LogP contribution in [0.15, 0.2) is 12.1 Å². The first-order valence-electron chi connectivity index (χ1n) is 6.08. The average molecular weight is 307 g/mol. The highest BCUT2D eigenvalue weighted by molar-refractivity contribution is 6.35. The molecular formula is C13H17Cl2FN2O. The molecule has 0 spiro atoms. The minimum Gasteiger partial charge on any atom is -0.326 e. The number of benzene rings is 1. The highest BCUT2D eigenvalue weighted by Crippen LogP contribution is 2.27. The predicted octanol–water partition coefficient (Wildman–Crippen LogP) is 3.85. The largest absolute Gasteiger partial charge is 0.326 e. The molecule has 0 saturated heterocycles. The molecule has 3 nitrogen and oxygen atoms in total. The van der Waals surface area contributed by atoms with Crippen LogP contribution in [0, 0.1) is 5.82 Å². The van der Waals surface area contributed by atoms with Crippen molar-refractivity contribution in [1.82, 2.24) is 5.32 Å². The number of anilines is 1. The number of hydrogen-bond donors (Lipinski definition) is 2. The Morgan fingerprint density at radius 2 is 1.89 bits per heavy atom. The third-order valence-electron chi connectivity index (χ3n) is 2.40. The molecule has 1 amide bonds. The lowest BCUT2D eigenvalue weighted by Gasteiger charge is -2.09. The third kappa shape index (κ3) is 5.76. The molecule has 1 aromatic carbocycles. The summed E-state index contributed by atoms with van der Waals surface area (Å²) in [5.74, 6) is -0.827. The molecule has 0 saturated carbocycles. The van der Waals surface area contributed by atoms with E-state index in [-0.39, 0.29) is 16.0 Å². The van der Waals surface area contributed by atoms with Crippen LogP contribution in [0.3, 0.4) is 0 Å². The van der Waals surface area contributed by atoms with Crippen LogP contribution < -0.4 is 10.6 Å². The van der Waals surface area contributed by atoms with E-state index in [4.69, 9.17) is 23.2 Å². The van der Waals surface area contributed by atoms with Crippen molar-refractivity contribution in [2.45, 2.75) is 32.7 Å². The fourth-order valence-corrected chi connectivity index (χ4v) is 1.98. The van der Waals surface area contributed by atoms with Gasteiger partial charge in [-0.3, -0.25) is 4.79 Å². The van der Waals surface area contributed by atoms with E-state index in [9.17, 15) is 9.18 Å². The van der Waals surface area contributed by atoms with Gasteiger partial charge in [-0.15, -0.1) is 0 Å². The Morgan fingerprint density at radius 3 is 2.42 bits per heavy atom. The lowest BCUT2D eigenvalue weighted by Crippen LogP contribution is -2.24. The predicted molar refractivity (Wildman–Crippen MR) is 77.4 cm³/mol. The van der Waals surface area contributed by atoms with Crippen molar-refractivity contribution in [3.63, 3.8) is 0 Å². The summed E-state index contributed by atoms with van der Waals surface area (Å²) in [5, 5.41) is 5.64. The van der Waals surface area contributed by atoms with E-state index in [2.05, 4.69) is 10.6 Å². The van der Waals surface area contributed by atoms with Gasteiger partial charge in [0.05, 0.1) is 10.0 Å². The van der Waals surface area contributed by atoms with Gasteiger partial charge < -0.3 is 10.6 Å². The fourth-order valence-electron chi connectivity index (χ4n) is 1.49. The molecular weight excluding hydrogens is 290 g/mol. The third-order valence-corrected chi connectivity index (χ3v) is 2.95. The first-order chi connectivity index (χ1) is 8.90. The lowest BCUT2D eigenvalue weighted by atomic mass is 10.2. The van der Waals surface area contributed by atoms with Crippen LogP contribution >= 0.6 is 23.2 Å². The molecule has 0 heterocycles. The van der Waals surface area contributed by atoms with Crippen molar-refractivity contribution in [3.8, 4) is 0 Å². The van der Waals surface area contributed by atoms with E-state index in [1.165, 1.54) is 12.1 Å². The smallest absolute Gasteiger partial charge is 0.224 e. The second kappa shape index (κ2) is 7.68. The van der Waals surface area contributed by atoms with Crippen molar-refractivity contribution in [3.05, 3.63) is 28.0 Å². The molecule has 0 aliphatic carbocycles. The average Bonchev–Trinajstić information content (AvgIpc) is 2.31. The number of nitrogens with one attached hydrogen (secondary N) is 2. The summed E-state index contributed by atoms with van der Waals surface area (Å²) in [6, 6.07) is 3.08. The molecule has 0 fully saturated rings. The van der Waals surface area contributed by atoms with E-state index in [1.54, 1.807) is 0 Å². The van der Waals surface area contributed by atoms with Gasteiger partial charge in [0.15, 0.2) is 5.82 Å². The van der Waals surface area contributed by atoms with Crippen LogP contribution in [-0.4, -0.2) is 18.5 Å². The Kier molecular flexibility index (Phi) is 6.55. The summed E-state index contributed by atoms with van der Waals surface area (Å²) in [6.07, 6.45) is 1.11. The second-order valence-corrected chi connectivity index (χ2v) is 5.33. The lowest BCUT2D eigenvalue weighted by molar-refractivity contribution is -0.116. The zero-order valence-electron chi connectivity index (χ0n) is 10.9. The van der Waals surface area contributed by atoms with Crippen LogP contribution in [0.2, 0.25) is 10.0 Å². The highest BCUT2D eigenvalue weighted by Gasteiger charge is 2.09. The molecule has 2 N–H and O–H groups in total. The maximum Gasteiger partial charge on any atom is 0.224 e. The molecule has 0 atom stereocenters. The van der Waals surface area contributed by atoms with Gasteiger partial charge in [0.25, 0.3) is 0 Å². The SMILES string of the molecule is CC(C)NCCCC(=O)Nc1cc(Cl)c(F)c(Cl)c1. The Labute approximate surface area is 122 Å². The Balaban J connectivity index is 2.44. The molecule has 19 heavy (non-hydrogen) atoms. The van der Waals surface area contributed by atoms with E-state index < -0.39 is 5.82 Å². The summed E-state index contributed by atoms with van der Waals surface area (Å²) >= 11 is 11.3. The molecule has 0 aromatic heterocycles. The maximum atomic E-state index is 13.2. The molecule has 0 aliphatic rings. The zero-order chi connectivity index (χ0) is 14.4. The summed E-state index contributed by atoms with van der Waals surface area (Å²) in [7, 11) is 0. The van der Waals surface area contributed by atoms with Gasteiger partial charge in [0.1, 0.15) is 0 Å². The number of amides is 1. The summed E-state index contributed by atoms with van der Waals surface area (Å²) < 4.78 is 13.2. The number of carbonyl (C=O) groups excluding carboxylic acids is 1. The first kappa shape index (κ1) is 16.2. The minimum absolute atomic E-state index is 0.107. The fraction of sp³-hybridized carbons (Fsp3) is 0.462. The molecule has 0 radical (unpaired) electrons. The molecule has 0 unspecified atom stereocenters. The molecule has 0 aliphatic heterocycles. The van der Waals surface area contributed by atoms with Crippen LogP contribution in [0.1, 0.15) is 26.7 Å². The number of hydrogen-bond acceptors (Lipinski definition) is 2. The van der Waals surface area contributed by atoms with Crippen LogP contribution in [0.5, 0.6) is 0 Å². The summed E-state index contributed by atoms with van der Waals surface area (Å²) in [4.78, 5) is 11.6. The van der Waals surface area contributed by atoms with Crippen molar-refractivity contribution < 1.29 is 9.18 Å². The van der Waals surface area contributed by atoms with Crippen molar-refractivity contribution >= 4 is 34.8 Å².